The Morgan fingerprint density at radius 3 is 2.16 bits per heavy atom. The lowest BCUT2D eigenvalue weighted by atomic mass is 10.1. The van der Waals surface area contributed by atoms with E-state index in [1.165, 1.54) is 4.90 Å². The lowest BCUT2D eigenvalue weighted by Crippen LogP contribution is -2.52. The number of carbonyl (C=O) groups excluding carboxylic acids is 3. The Morgan fingerprint density at radius 1 is 1.03 bits per heavy atom. The molecule has 1 saturated heterocycles. The summed E-state index contributed by atoms with van der Waals surface area (Å²) in [4.78, 5) is 42.0. The van der Waals surface area contributed by atoms with Gasteiger partial charge in [0.2, 0.25) is 5.91 Å². The minimum atomic E-state index is -0.987. The molecule has 7 heteroatoms. The fourth-order valence-electron chi connectivity index (χ4n) is 3.55. The summed E-state index contributed by atoms with van der Waals surface area (Å²) in [6.07, 6.45) is 0. The van der Waals surface area contributed by atoms with Crippen LogP contribution in [0, 0.1) is 0 Å². The second kappa shape index (κ2) is 9.96. The van der Waals surface area contributed by atoms with Crippen LogP contribution in [0.25, 0.3) is 0 Å². The minimum absolute atomic E-state index is 0.0970. The van der Waals surface area contributed by atoms with Crippen molar-refractivity contribution in [3.8, 4) is 0 Å². The number of esters is 1. The maximum atomic E-state index is 13.3. The second-order valence-electron chi connectivity index (χ2n) is 8.99. The zero-order valence-corrected chi connectivity index (χ0v) is 19.1. The monoisotopic (exact) mass is 437 g/mol. The van der Waals surface area contributed by atoms with Gasteiger partial charge in [-0.1, -0.05) is 60.7 Å². The van der Waals surface area contributed by atoms with Crippen LogP contribution in [0.4, 0.5) is 4.79 Å². The molecule has 0 saturated carbocycles. The first-order valence-corrected chi connectivity index (χ1v) is 10.8. The maximum Gasteiger partial charge on any atom is 0.331 e. The predicted octanol–water partition coefficient (Wildman–Crippen LogP) is 3.34. The molecule has 0 aromatic heterocycles. The molecule has 2 aromatic rings. The zero-order valence-electron chi connectivity index (χ0n) is 19.1. The Balaban J connectivity index is 1.77. The smallest absolute Gasteiger partial charge is 0.331 e. The topological polar surface area (TPSA) is 79.0 Å². The SMILES string of the molecule is C[C@H](NCc1ccccc1)C(=O)N1C(=O)N(Cc2ccccc2)C[C@H]1C(=O)OC(C)(C)C. The van der Waals surface area contributed by atoms with Crippen LogP contribution in [0.3, 0.4) is 0 Å². The molecule has 3 rings (SSSR count). The van der Waals surface area contributed by atoms with Crippen LogP contribution < -0.4 is 5.32 Å². The van der Waals surface area contributed by atoms with E-state index in [0.717, 1.165) is 16.0 Å². The van der Waals surface area contributed by atoms with Gasteiger partial charge in [-0.15, -0.1) is 0 Å². The molecule has 1 aliphatic heterocycles. The van der Waals surface area contributed by atoms with Crippen molar-refractivity contribution in [3.63, 3.8) is 0 Å². The maximum absolute atomic E-state index is 13.3. The van der Waals surface area contributed by atoms with E-state index in [0.29, 0.717) is 13.1 Å². The summed E-state index contributed by atoms with van der Waals surface area (Å²) < 4.78 is 5.53. The normalized spacial score (nSPS) is 17.4. The number of carbonyl (C=O) groups is 3. The second-order valence-corrected chi connectivity index (χ2v) is 8.99. The van der Waals surface area contributed by atoms with Crippen molar-refractivity contribution in [1.29, 1.82) is 0 Å². The van der Waals surface area contributed by atoms with Crippen molar-refractivity contribution in [2.24, 2.45) is 0 Å². The first-order chi connectivity index (χ1) is 15.2. The molecule has 0 unspecified atom stereocenters. The number of hydrogen-bond donors (Lipinski definition) is 1. The lowest BCUT2D eigenvalue weighted by Gasteiger charge is -2.27. The Kier molecular flexibility index (Phi) is 7.30. The summed E-state index contributed by atoms with van der Waals surface area (Å²) in [7, 11) is 0. The molecule has 1 heterocycles. The number of nitrogens with one attached hydrogen (secondary N) is 1. The van der Waals surface area contributed by atoms with Gasteiger partial charge in [-0.05, 0) is 38.8 Å². The van der Waals surface area contributed by atoms with E-state index < -0.39 is 35.6 Å². The highest BCUT2D eigenvalue weighted by molar-refractivity contribution is 6.03. The highest BCUT2D eigenvalue weighted by Crippen LogP contribution is 2.23. The number of ether oxygens (including phenoxy) is 1. The molecule has 1 aliphatic rings. The van der Waals surface area contributed by atoms with E-state index in [1.54, 1.807) is 27.7 Å². The number of urea groups is 1. The fourth-order valence-corrected chi connectivity index (χ4v) is 3.55. The third kappa shape index (κ3) is 5.95. The Bertz CT molecular complexity index is 941. The van der Waals surface area contributed by atoms with Crippen LogP contribution in [-0.4, -0.2) is 51.9 Å². The van der Waals surface area contributed by atoms with Crippen LogP contribution in [0.1, 0.15) is 38.8 Å². The van der Waals surface area contributed by atoms with Crippen LogP contribution in [0.15, 0.2) is 60.7 Å². The third-order valence-electron chi connectivity index (χ3n) is 5.14. The van der Waals surface area contributed by atoms with Crippen molar-refractivity contribution in [2.45, 2.75) is 58.5 Å². The van der Waals surface area contributed by atoms with Crippen molar-refractivity contribution in [1.82, 2.24) is 15.1 Å². The molecule has 170 valence electrons. The van der Waals surface area contributed by atoms with Gasteiger partial charge in [0.05, 0.1) is 12.6 Å². The molecular formula is C25H31N3O4. The van der Waals surface area contributed by atoms with E-state index in [2.05, 4.69) is 5.32 Å². The van der Waals surface area contributed by atoms with E-state index in [9.17, 15) is 14.4 Å². The van der Waals surface area contributed by atoms with Gasteiger partial charge < -0.3 is 15.0 Å². The summed E-state index contributed by atoms with van der Waals surface area (Å²) in [5.74, 6) is -1.03. The fraction of sp³-hybridized carbons (Fsp3) is 0.400. The van der Waals surface area contributed by atoms with Crippen LogP contribution in [0.5, 0.6) is 0 Å². The molecule has 32 heavy (non-hydrogen) atoms. The van der Waals surface area contributed by atoms with Gasteiger partial charge in [0.1, 0.15) is 5.60 Å². The predicted molar refractivity (Wildman–Crippen MR) is 121 cm³/mol. The Morgan fingerprint density at radius 2 is 1.59 bits per heavy atom. The molecule has 1 N–H and O–H groups in total. The number of nitrogens with zero attached hydrogens (tertiary/aromatic N) is 2. The van der Waals surface area contributed by atoms with Gasteiger partial charge in [-0.2, -0.15) is 0 Å². The molecule has 3 amide bonds. The first kappa shape index (κ1) is 23.5. The molecule has 7 nitrogen and oxygen atoms in total. The molecule has 0 aliphatic carbocycles. The number of benzene rings is 2. The van der Waals surface area contributed by atoms with Crippen LogP contribution in [-0.2, 0) is 27.4 Å². The summed E-state index contributed by atoms with van der Waals surface area (Å²) in [6, 6.07) is 17.0. The van der Waals surface area contributed by atoms with Gasteiger partial charge in [-0.3, -0.25) is 4.79 Å². The molecule has 0 radical (unpaired) electrons. The molecule has 1 fully saturated rings. The van der Waals surface area contributed by atoms with Gasteiger partial charge >= 0.3 is 12.0 Å². The number of imide groups is 1. The number of rotatable bonds is 7. The number of hydrogen-bond acceptors (Lipinski definition) is 5. The lowest BCUT2D eigenvalue weighted by molar-refractivity contribution is -0.161. The standard InChI is InChI=1S/C25H31N3O4/c1-18(26-15-19-11-7-5-8-12-19)22(29)28-21(23(30)32-25(2,3)4)17-27(24(28)31)16-20-13-9-6-10-14-20/h5-14,18,21,26H,15-17H2,1-4H3/t18-,21-/m0/s1. The van der Waals surface area contributed by atoms with Crippen LogP contribution >= 0.6 is 0 Å². The first-order valence-electron chi connectivity index (χ1n) is 10.8. The molecule has 2 atom stereocenters. The number of amides is 3. The minimum Gasteiger partial charge on any atom is -0.458 e. The average Bonchev–Trinajstić information content (AvgIpc) is 3.08. The quantitative estimate of drug-likeness (QED) is 0.672. The van der Waals surface area contributed by atoms with Gasteiger partial charge in [0.15, 0.2) is 6.04 Å². The highest BCUT2D eigenvalue weighted by atomic mass is 16.6. The van der Waals surface area contributed by atoms with E-state index in [1.807, 2.05) is 60.7 Å². The third-order valence-corrected chi connectivity index (χ3v) is 5.14. The zero-order chi connectivity index (χ0) is 23.3. The summed E-state index contributed by atoms with van der Waals surface area (Å²) >= 11 is 0. The van der Waals surface area contributed by atoms with E-state index >= 15 is 0 Å². The Labute approximate surface area is 189 Å². The average molecular weight is 438 g/mol. The van der Waals surface area contributed by atoms with Crippen molar-refractivity contribution in [3.05, 3.63) is 71.8 Å². The summed E-state index contributed by atoms with van der Waals surface area (Å²) in [5, 5.41) is 3.15. The Hall–Kier alpha value is -3.19. The molecule has 2 aromatic carbocycles. The van der Waals surface area contributed by atoms with Gasteiger partial charge in [-0.25, -0.2) is 14.5 Å². The van der Waals surface area contributed by atoms with Crippen molar-refractivity contribution < 1.29 is 19.1 Å². The summed E-state index contributed by atoms with van der Waals surface area (Å²) in [5.41, 5.74) is 1.22. The highest BCUT2D eigenvalue weighted by Gasteiger charge is 2.47. The van der Waals surface area contributed by atoms with Crippen molar-refractivity contribution in [2.75, 3.05) is 6.54 Å². The van der Waals surface area contributed by atoms with Gasteiger partial charge in [0, 0.05) is 13.1 Å². The van der Waals surface area contributed by atoms with E-state index in [4.69, 9.17) is 4.74 Å². The van der Waals surface area contributed by atoms with E-state index in [-0.39, 0.29) is 6.54 Å². The molecular weight excluding hydrogens is 406 g/mol. The van der Waals surface area contributed by atoms with Gasteiger partial charge in [0.25, 0.3) is 0 Å². The molecule has 0 bridgehead atoms. The van der Waals surface area contributed by atoms with Crippen LogP contribution in [0.2, 0.25) is 0 Å². The summed E-state index contributed by atoms with van der Waals surface area (Å²) in [6.45, 7) is 7.87. The molecule has 0 spiro atoms. The van der Waals surface area contributed by atoms with Crippen molar-refractivity contribution >= 4 is 17.9 Å². The largest absolute Gasteiger partial charge is 0.458 e.